The van der Waals surface area contributed by atoms with Crippen LogP contribution < -0.4 is 5.32 Å². The summed E-state index contributed by atoms with van der Waals surface area (Å²) in [6.07, 6.45) is 1.30. The fourth-order valence-electron chi connectivity index (χ4n) is 1.75. The summed E-state index contributed by atoms with van der Waals surface area (Å²) < 4.78 is 4.50. The van der Waals surface area contributed by atoms with Gasteiger partial charge in [-0.2, -0.15) is 0 Å². The number of carboxylic acids is 1. The number of nitrogens with zero attached hydrogens (tertiary/aromatic N) is 1. The molecule has 0 aromatic heterocycles. The highest BCUT2D eigenvalue weighted by atomic mass is 16.5. The van der Waals surface area contributed by atoms with E-state index in [-0.39, 0.29) is 12.4 Å². The van der Waals surface area contributed by atoms with Gasteiger partial charge in [-0.05, 0) is 19.3 Å². The predicted molar refractivity (Wildman–Crippen MR) is 73.4 cm³/mol. The number of carbonyl (C=O) groups is 3. The number of amides is 2. The first kappa shape index (κ1) is 18.2. The van der Waals surface area contributed by atoms with Crippen LogP contribution in [0.2, 0.25) is 0 Å². The predicted octanol–water partition coefficient (Wildman–Crippen LogP) is 1.22. The molecule has 0 atom stereocenters. The first-order chi connectivity index (χ1) is 9.32. The highest BCUT2D eigenvalue weighted by Crippen LogP contribution is 2.15. The molecule has 0 radical (unpaired) electrons. The molecule has 2 N–H and O–H groups in total. The van der Waals surface area contributed by atoms with Crippen molar-refractivity contribution >= 4 is 18.0 Å². The molecule has 0 saturated carbocycles. The van der Waals surface area contributed by atoms with Crippen molar-refractivity contribution in [2.45, 2.75) is 45.1 Å². The summed E-state index contributed by atoms with van der Waals surface area (Å²) in [5.74, 6) is -1.38. The number of esters is 1. The number of rotatable bonds is 8. The number of aliphatic carboxylic acids is 1. The van der Waals surface area contributed by atoms with Crippen LogP contribution in [0.15, 0.2) is 0 Å². The largest absolute Gasteiger partial charge is 0.480 e. The monoisotopic (exact) mass is 288 g/mol. The zero-order chi connectivity index (χ0) is 15.8. The van der Waals surface area contributed by atoms with Crippen LogP contribution >= 0.6 is 0 Å². The molecule has 0 aromatic carbocycles. The van der Waals surface area contributed by atoms with E-state index in [2.05, 4.69) is 10.1 Å². The van der Waals surface area contributed by atoms with E-state index in [1.165, 1.54) is 12.0 Å². The summed E-state index contributed by atoms with van der Waals surface area (Å²) in [4.78, 5) is 35.6. The van der Waals surface area contributed by atoms with Crippen molar-refractivity contribution in [1.82, 2.24) is 10.2 Å². The second kappa shape index (κ2) is 8.39. The molecule has 0 saturated heterocycles. The fourth-order valence-corrected chi connectivity index (χ4v) is 1.75. The quantitative estimate of drug-likeness (QED) is 0.655. The number of urea groups is 1. The third kappa shape index (κ3) is 5.07. The van der Waals surface area contributed by atoms with E-state index in [1.807, 2.05) is 0 Å². The summed E-state index contributed by atoms with van der Waals surface area (Å²) in [5.41, 5.74) is -1.24. The Morgan fingerprint density at radius 3 is 2.20 bits per heavy atom. The van der Waals surface area contributed by atoms with Crippen molar-refractivity contribution in [1.29, 1.82) is 0 Å². The van der Waals surface area contributed by atoms with Crippen LogP contribution in [0.4, 0.5) is 4.79 Å². The third-order valence-corrected chi connectivity index (χ3v) is 3.41. The first-order valence-corrected chi connectivity index (χ1v) is 6.66. The molecule has 7 heteroatoms. The Morgan fingerprint density at radius 2 is 1.80 bits per heavy atom. The smallest absolute Gasteiger partial charge is 0.329 e. The SMILES string of the molecule is CCC(CC)(NC(=O)N(C)CCCC(=O)OC)C(=O)O. The Morgan fingerprint density at radius 1 is 1.25 bits per heavy atom. The lowest BCUT2D eigenvalue weighted by molar-refractivity contribution is -0.144. The van der Waals surface area contributed by atoms with Crippen LogP contribution in [-0.4, -0.2) is 54.2 Å². The maximum atomic E-state index is 12.0. The van der Waals surface area contributed by atoms with Crippen LogP contribution in [0, 0.1) is 0 Å². The molecule has 0 spiro atoms. The molecule has 0 rings (SSSR count). The lowest BCUT2D eigenvalue weighted by atomic mass is 9.93. The van der Waals surface area contributed by atoms with Crippen LogP contribution in [0.5, 0.6) is 0 Å². The molecule has 7 nitrogen and oxygen atoms in total. The van der Waals surface area contributed by atoms with E-state index < -0.39 is 17.5 Å². The summed E-state index contributed by atoms with van der Waals surface area (Å²) in [5, 5.41) is 11.8. The highest BCUT2D eigenvalue weighted by Gasteiger charge is 2.37. The Hall–Kier alpha value is -1.79. The van der Waals surface area contributed by atoms with E-state index in [0.29, 0.717) is 25.8 Å². The number of carbonyl (C=O) groups excluding carboxylic acids is 2. The van der Waals surface area contributed by atoms with Gasteiger partial charge in [0.1, 0.15) is 5.54 Å². The minimum Gasteiger partial charge on any atom is -0.480 e. The summed E-state index contributed by atoms with van der Waals surface area (Å²) >= 11 is 0. The molecule has 0 bridgehead atoms. The lowest BCUT2D eigenvalue weighted by Gasteiger charge is -2.30. The summed E-state index contributed by atoms with van der Waals surface area (Å²) in [6.45, 7) is 3.79. The molecule has 0 aliphatic heterocycles. The van der Waals surface area contributed by atoms with E-state index in [9.17, 15) is 19.5 Å². The topological polar surface area (TPSA) is 95.9 Å². The average molecular weight is 288 g/mol. The number of carboxylic acid groups (broad SMARTS) is 1. The summed E-state index contributed by atoms with van der Waals surface area (Å²) in [6, 6.07) is -0.457. The second-order valence-electron chi connectivity index (χ2n) is 4.63. The second-order valence-corrected chi connectivity index (χ2v) is 4.63. The molecule has 0 aliphatic carbocycles. The van der Waals surface area contributed by atoms with Gasteiger partial charge >= 0.3 is 18.0 Å². The van der Waals surface area contributed by atoms with Gasteiger partial charge in [-0.15, -0.1) is 0 Å². The number of hydrogen-bond acceptors (Lipinski definition) is 4. The van der Waals surface area contributed by atoms with Crippen molar-refractivity contribution in [3.63, 3.8) is 0 Å². The molecule has 116 valence electrons. The molecule has 2 amide bonds. The van der Waals surface area contributed by atoms with Gasteiger partial charge in [0, 0.05) is 20.0 Å². The molecular weight excluding hydrogens is 264 g/mol. The fraction of sp³-hybridized carbons (Fsp3) is 0.769. The van der Waals surface area contributed by atoms with Gasteiger partial charge in [-0.25, -0.2) is 9.59 Å². The highest BCUT2D eigenvalue weighted by molar-refractivity contribution is 5.86. The lowest BCUT2D eigenvalue weighted by Crippen LogP contribution is -2.56. The third-order valence-electron chi connectivity index (χ3n) is 3.41. The van der Waals surface area contributed by atoms with Crippen LogP contribution in [0.25, 0.3) is 0 Å². The maximum absolute atomic E-state index is 12.0. The Labute approximate surface area is 119 Å². The molecule has 0 aliphatic rings. The van der Waals surface area contributed by atoms with Gasteiger partial charge < -0.3 is 20.1 Å². The van der Waals surface area contributed by atoms with E-state index >= 15 is 0 Å². The molecular formula is C13H24N2O5. The number of methoxy groups -OCH3 is 1. The molecule has 0 aromatic rings. The summed E-state index contributed by atoms with van der Waals surface area (Å²) in [7, 11) is 2.87. The van der Waals surface area contributed by atoms with Gasteiger partial charge in [-0.3, -0.25) is 4.79 Å². The molecule has 20 heavy (non-hydrogen) atoms. The normalized spacial score (nSPS) is 10.8. The van der Waals surface area contributed by atoms with Gasteiger partial charge in [0.25, 0.3) is 0 Å². The maximum Gasteiger partial charge on any atom is 0.329 e. The van der Waals surface area contributed by atoms with Crippen molar-refractivity contribution in [2.75, 3.05) is 20.7 Å². The van der Waals surface area contributed by atoms with Crippen molar-refractivity contribution in [3.8, 4) is 0 Å². The Bertz CT molecular complexity index is 353. The van der Waals surface area contributed by atoms with Gasteiger partial charge in [0.05, 0.1) is 7.11 Å². The van der Waals surface area contributed by atoms with Crippen LogP contribution in [0.1, 0.15) is 39.5 Å². The van der Waals surface area contributed by atoms with Gasteiger partial charge in [0.15, 0.2) is 0 Å². The van der Waals surface area contributed by atoms with Crippen LogP contribution in [0.3, 0.4) is 0 Å². The molecule has 0 heterocycles. The average Bonchev–Trinajstić information content (AvgIpc) is 2.43. The van der Waals surface area contributed by atoms with E-state index in [0.717, 1.165) is 0 Å². The van der Waals surface area contributed by atoms with E-state index in [4.69, 9.17) is 0 Å². The molecule has 0 fully saturated rings. The van der Waals surface area contributed by atoms with E-state index in [1.54, 1.807) is 20.9 Å². The van der Waals surface area contributed by atoms with Crippen LogP contribution in [-0.2, 0) is 14.3 Å². The van der Waals surface area contributed by atoms with Gasteiger partial charge in [0.2, 0.25) is 0 Å². The van der Waals surface area contributed by atoms with Crippen molar-refractivity contribution in [2.24, 2.45) is 0 Å². The number of nitrogens with one attached hydrogen (secondary N) is 1. The minimum absolute atomic E-state index is 0.222. The Balaban J connectivity index is 4.43. The van der Waals surface area contributed by atoms with Crippen molar-refractivity contribution < 1.29 is 24.2 Å². The zero-order valence-electron chi connectivity index (χ0n) is 12.6. The zero-order valence-corrected chi connectivity index (χ0v) is 12.6. The Kier molecular flexibility index (Phi) is 7.64. The van der Waals surface area contributed by atoms with Gasteiger partial charge in [-0.1, -0.05) is 13.8 Å². The number of ether oxygens (including phenoxy) is 1. The standard InChI is InChI=1S/C13H24N2O5/c1-5-13(6-2,11(17)18)14-12(19)15(3)9-7-8-10(16)20-4/h5-9H2,1-4H3,(H,14,19)(H,17,18). The minimum atomic E-state index is -1.24. The molecule has 0 unspecified atom stereocenters. The number of hydrogen-bond donors (Lipinski definition) is 2. The van der Waals surface area contributed by atoms with Crippen molar-refractivity contribution in [3.05, 3.63) is 0 Å². The first-order valence-electron chi connectivity index (χ1n) is 6.66.